The summed E-state index contributed by atoms with van der Waals surface area (Å²) in [6.45, 7) is 9.55. The maximum absolute atomic E-state index is 5.79. The van der Waals surface area contributed by atoms with Gasteiger partial charge in [-0.1, -0.05) is 0 Å². The molecule has 0 N–H and O–H groups in total. The molecule has 0 spiro atoms. The zero-order valence-corrected chi connectivity index (χ0v) is 19.5. The first kappa shape index (κ1) is 27.0. The molecule has 0 aromatic rings. The lowest BCUT2D eigenvalue weighted by Gasteiger charge is -2.27. The van der Waals surface area contributed by atoms with Gasteiger partial charge in [0.2, 0.25) is 0 Å². The van der Waals surface area contributed by atoms with Crippen molar-refractivity contribution < 1.29 is 26.6 Å². The van der Waals surface area contributed by atoms with Gasteiger partial charge in [-0.25, -0.2) is 0 Å². The topological polar surface area (TPSA) is 55.4 Å². The summed E-state index contributed by atoms with van der Waals surface area (Å²) in [6, 6.07) is 1.32. The fourth-order valence-corrected chi connectivity index (χ4v) is 7.15. The third-order valence-corrected chi connectivity index (χ3v) is 9.90. The van der Waals surface area contributed by atoms with E-state index < -0.39 is 17.6 Å². The van der Waals surface area contributed by atoms with Gasteiger partial charge in [-0.15, -0.1) is 23.2 Å². The highest BCUT2D eigenvalue weighted by Gasteiger charge is 2.39. The standard InChI is InChI=1S/C8H19ClO3Si.C6H15ClO3Si/c1-4-10-13(8-7-9,11-5-2)12-6-3;1-6(7)5-11(8-2,9-3)10-4/h4-8H2,1-3H3;6H,5H2,1-4H3. The Bertz CT molecular complexity index is 246. The van der Waals surface area contributed by atoms with Gasteiger partial charge in [-0.05, 0) is 27.7 Å². The largest absolute Gasteiger partial charge is 0.502 e. The van der Waals surface area contributed by atoms with Crippen LogP contribution in [0.1, 0.15) is 27.7 Å². The molecule has 0 aliphatic carbocycles. The van der Waals surface area contributed by atoms with E-state index in [1.54, 1.807) is 21.3 Å². The first-order valence-corrected chi connectivity index (χ1v) is 12.9. The summed E-state index contributed by atoms with van der Waals surface area (Å²) in [7, 11) is -0.0944. The van der Waals surface area contributed by atoms with Crippen molar-refractivity contribution in [1.29, 1.82) is 0 Å². The lowest BCUT2D eigenvalue weighted by Crippen LogP contribution is -2.46. The van der Waals surface area contributed by atoms with Gasteiger partial charge >= 0.3 is 17.6 Å². The molecule has 6 nitrogen and oxygen atoms in total. The van der Waals surface area contributed by atoms with E-state index in [1.807, 2.05) is 27.7 Å². The Morgan fingerprint density at radius 2 is 1.17 bits per heavy atom. The Morgan fingerprint density at radius 1 is 0.792 bits per heavy atom. The molecule has 0 aliphatic heterocycles. The maximum atomic E-state index is 5.79. The number of halogens is 2. The van der Waals surface area contributed by atoms with Crippen LogP contribution in [0.15, 0.2) is 0 Å². The Morgan fingerprint density at radius 3 is 1.33 bits per heavy atom. The van der Waals surface area contributed by atoms with E-state index in [4.69, 9.17) is 49.8 Å². The summed E-state index contributed by atoms with van der Waals surface area (Å²) in [5.41, 5.74) is 0. The fourth-order valence-electron chi connectivity index (χ4n) is 1.96. The van der Waals surface area contributed by atoms with Gasteiger partial charge in [0.05, 0.1) is 0 Å². The Labute approximate surface area is 159 Å². The van der Waals surface area contributed by atoms with Crippen LogP contribution in [0, 0.1) is 0 Å². The van der Waals surface area contributed by atoms with Gasteiger partial charge < -0.3 is 26.6 Å². The van der Waals surface area contributed by atoms with Gasteiger partial charge in [0.25, 0.3) is 0 Å². The number of alkyl halides is 2. The minimum Gasteiger partial charge on any atom is -0.377 e. The Balaban J connectivity index is 0. The molecule has 24 heavy (non-hydrogen) atoms. The molecular weight excluding hydrogens is 391 g/mol. The Hall–Kier alpha value is 0.774. The second-order valence-electron chi connectivity index (χ2n) is 4.70. The summed E-state index contributed by atoms with van der Waals surface area (Å²) in [5.74, 6) is 0.520. The molecule has 0 amide bonds. The molecule has 1 atom stereocenters. The lowest BCUT2D eigenvalue weighted by atomic mass is 10.6. The van der Waals surface area contributed by atoms with E-state index in [0.717, 1.165) is 0 Å². The average molecular weight is 425 g/mol. The van der Waals surface area contributed by atoms with Crippen LogP contribution in [0.2, 0.25) is 12.1 Å². The fraction of sp³-hybridized carbons (Fsp3) is 1.00. The van der Waals surface area contributed by atoms with E-state index >= 15 is 0 Å². The number of rotatable bonds is 13. The zero-order valence-electron chi connectivity index (χ0n) is 16.0. The molecule has 148 valence electrons. The molecule has 0 radical (unpaired) electrons. The SMILES string of the molecule is CCO[Si](CCCl)(OCC)OCC.CO[Si](CC(C)Cl)(OC)OC. The summed E-state index contributed by atoms with van der Waals surface area (Å²) in [4.78, 5) is 0. The molecule has 10 heteroatoms. The van der Waals surface area contributed by atoms with Crippen LogP contribution in [0.3, 0.4) is 0 Å². The van der Waals surface area contributed by atoms with Crippen molar-refractivity contribution in [2.45, 2.75) is 45.2 Å². The molecule has 0 saturated heterocycles. The molecule has 0 aliphatic rings. The van der Waals surface area contributed by atoms with E-state index in [2.05, 4.69) is 0 Å². The van der Waals surface area contributed by atoms with Crippen LogP contribution in [-0.2, 0) is 26.6 Å². The van der Waals surface area contributed by atoms with Crippen LogP contribution in [0.25, 0.3) is 0 Å². The zero-order chi connectivity index (χ0) is 19.1. The van der Waals surface area contributed by atoms with E-state index in [1.165, 1.54) is 0 Å². The number of hydrogen-bond acceptors (Lipinski definition) is 6. The van der Waals surface area contributed by atoms with Gasteiger partial charge in [-0.2, -0.15) is 0 Å². The van der Waals surface area contributed by atoms with E-state index in [9.17, 15) is 0 Å². The lowest BCUT2D eigenvalue weighted by molar-refractivity contribution is 0.0728. The second-order valence-corrected chi connectivity index (χ2v) is 11.6. The third-order valence-electron chi connectivity index (χ3n) is 2.96. The normalized spacial score (nSPS) is 13.4. The first-order valence-electron chi connectivity index (χ1n) is 8.12. The van der Waals surface area contributed by atoms with Crippen molar-refractivity contribution in [2.75, 3.05) is 47.0 Å². The Kier molecular flexibility index (Phi) is 18.0. The molecule has 0 fully saturated rings. The molecule has 0 aromatic carbocycles. The highest BCUT2D eigenvalue weighted by atomic mass is 35.5. The average Bonchev–Trinajstić information content (AvgIpc) is 2.54. The van der Waals surface area contributed by atoms with Crippen molar-refractivity contribution in [1.82, 2.24) is 0 Å². The van der Waals surface area contributed by atoms with Crippen molar-refractivity contribution in [3.63, 3.8) is 0 Å². The highest BCUT2D eigenvalue weighted by molar-refractivity contribution is 6.62. The molecule has 0 bridgehead atoms. The molecular formula is C14H34Cl2O6Si2. The molecule has 0 rings (SSSR count). The summed E-state index contributed by atoms with van der Waals surface area (Å²) >= 11 is 11.5. The quantitative estimate of drug-likeness (QED) is 0.331. The third kappa shape index (κ3) is 11.4. The molecule has 0 aromatic heterocycles. The van der Waals surface area contributed by atoms with Crippen LogP contribution in [-0.4, -0.2) is 70.0 Å². The van der Waals surface area contributed by atoms with Crippen LogP contribution < -0.4 is 0 Å². The van der Waals surface area contributed by atoms with Crippen molar-refractivity contribution in [3.05, 3.63) is 0 Å². The van der Waals surface area contributed by atoms with Gasteiger partial charge in [-0.3, -0.25) is 0 Å². The van der Waals surface area contributed by atoms with Crippen molar-refractivity contribution in [3.8, 4) is 0 Å². The van der Waals surface area contributed by atoms with Crippen LogP contribution in [0.5, 0.6) is 0 Å². The van der Waals surface area contributed by atoms with Crippen molar-refractivity contribution >= 4 is 40.8 Å². The van der Waals surface area contributed by atoms with Gasteiger partial charge in [0.15, 0.2) is 0 Å². The molecule has 1 unspecified atom stereocenters. The molecule has 0 saturated carbocycles. The summed E-state index contributed by atoms with van der Waals surface area (Å²) < 4.78 is 32.2. The summed E-state index contributed by atoms with van der Waals surface area (Å²) in [6.07, 6.45) is 0. The van der Waals surface area contributed by atoms with Crippen molar-refractivity contribution in [2.24, 2.45) is 0 Å². The van der Waals surface area contributed by atoms with Crippen LogP contribution in [0.4, 0.5) is 0 Å². The van der Waals surface area contributed by atoms with E-state index in [0.29, 0.717) is 37.8 Å². The van der Waals surface area contributed by atoms with Gasteiger partial charge in [0, 0.05) is 64.5 Å². The van der Waals surface area contributed by atoms with Crippen LogP contribution >= 0.6 is 23.2 Å². The van der Waals surface area contributed by atoms with E-state index in [-0.39, 0.29) is 5.38 Å². The minimum atomic E-state index is -2.43. The molecule has 0 heterocycles. The smallest absolute Gasteiger partial charge is 0.377 e. The monoisotopic (exact) mass is 424 g/mol. The maximum Gasteiger partial charge on any atom is 0.502 e. The second kappa shape index (κ2) is 16.0. The first-order chi connectivity index (χ1) is 11.3. The predicted molar refractivity (Wildman–Crippen MR) is 103 cm³/mol. The predicted octanol–water partition coefficient (Wildman–Crippen LogP) is 3.77. The highest BCUT2D eigenvalue weighted by Crippen LogP contribution is 2.18. The minimum absolute atomic E-state index is 0.0153. The van der Waals surface area contributed by atoms with Gasteiger partial charge in [0.1, 0.15) is 0 Å². The summed E-state index contributed by atoms with van der Waals surface area (Å²) in [5, 5.41) is 0.0153. The number of hydrogen-bond donors (Lipinski definition) is 0.